The second-order valence-electron chi connectivity index (χ2n) is 14.6. The van der Waals surface area contributed by atoms with Crippen molar-refractivity contribution in [2.45, 2.75) is 103 Å². The summed E-state index contributed by atoms with van der Waals surface area (Å²) in [6.45, 7) is 13.8. The molecule has 10 heteroatoms. The van der Waals surface area contributed by atoms with Crippen LogP contribution in [0.1, 0.15) is 72.9 Å². The van der Waals surface area contributed by atoms with Gasteiger partial charge in [0.1, 0.15) is 24.9 Å². The molecule has 1 aromatic heterocycles. The monoisotopic (exact) mass is 677 g/mol. The van der Waals surface area contributed by atoms with E-state index >= 15 is 0 Å². The SMILES string of the molecule is CO[C@@H]1C[C@H]([C@@H](/C=C(\C)C=O)O[Si](c2ccccc2)(c2ccccc2)C(C)(C)C)O[C@@](Cc2nc(COC(=O)C(C)(C)C)co2)(OC)C1. The number of allylic oxidation sites excluding steroid dienone is 1. The normalized spacial score (nSPS) is 21.5. The van der Waals surface area contributed by atoms with Crippen molar-refractivity contribution in [2.75, 3.05) is 14.2 Å². The van der Waals surface area contributed by atoms with Crippen LogP contribution >= 0.6 is 0 Å². The van der Waals surface area contributed by atoms with E-state index in [1.807, 2.05) is 42.5 Å². The number of aromatic nitrogens is 1. The number of hydrogen-bond acceptors (Lipinski definition) is 9. The van der Waals surface area contributed by atoms with Gasteiger partial charge < -0.3 is 27.8 Å². The zero-order valence-corrected chi connectivity index (χ0v) is 30.8. The van der Waals surface area contributed by atoms with Gasteiger partial charge in [-0.2, -0.15) is 0 Å². The van der Waals surface area contributed by atoms with Crippen molar-refractivity contribution in [2.24, 2.45) is 5.41 Å². The molecule has 0 N–H and O–H groups in total. The van der Waals surface area contributed by atoms with E-state index in [2.05, 4.69) is 50.0 Å². The number of aldehydes is 1. The summed E-state index contributed by atoms with van der Waals surface area (Å²) in [6, 6.07) is 20.7. The molecule has 0 amide bonds. The van der Waals surface area contributed by atoms with Gasteiger partial charge in [-0.1, -0.05) is 81.4 Å². The average molecular weight is 678 g/mol. The lowest BCUT2D eigenvalue weighted by atomic mass is 9.92. The lowest BCUT2D eigenvalue weighted by Crippen LogP contribution is -2.69. The zero-order chi connectivity index (χ0) is 35.2. The molecule has 1 saturated heterocycles. The molecule has 9 nitrogen and oxygen atoms in total. The van der Waals surface area contributed by atoms with E-state index in [0.29, 0.717) is 30.0 Å². The summed E-state index contributed by atoms with van der Waals surface area (Å²) in [5, 5.41) is 1.92. The number of carbonyl (C=O) groups is 2. The Bertz CT molecular complexity index is 1490. The fourth-order valence-electron chi connectivity index (χ4n) is 6.25. The maximum absolute atomic E-state index is 12.3. The van der Waals surface area contributed by atoms with Crippen LogP contribution in [0, 0.1) is 5.41 Å². The number of carbonyl (C=O) groups excluding carboxylic acids is 2. The highest BCUT2D eigenvalue weighted by atomic mass is 28.4. The molecule has 1 aliphatic rings. The Labute approximate surface area is 286 Å². The molecule has 0 spiro atoms. The first-order valence-electron chi connectivity index (χ1n) is 16.4. The number of nitrogens with zero attached hydrogens (tertiary/aromatic N) is 1. The third kappa shape index (κ3) is 8.59. The molecule has 0 saturated carbocycles. The fourth-order valence-corrected chi connectivity index (χ4v) is 10.9. The minimum absolute atomic E-state index is 0.00602. The summed E-state index contributed by atoms with van der Waals surface area (Å²) in [5.74, 6) is -1.13. The molecule has 0 aliphatic carbocycles. The predicted molar refractivity (Wildman–Crippen MR) is 186 cm³/mol. The first-order valence-corrected chi connectivity index (χ1v) is 18.4. The van der Waals surface area contributed by atoms with Crippen LogP contribution in [-0.2, 0) is 46.0 Å². The van der Waals surface area contributed by atoms with Gasteiger partial charge in [0, 0.05) is 27.1 Å². The van der Waals surface area contributed by atoms with Crippen LogP contribution in [0.2, 0.25) is 5.04 Å². The van der Waals surface area contributed by atoms with E-state index in [4.69, 9.17) is 27.8 Å². The quantitative estimate of drug-likeness (QED) is 0.0942. The number of methoxy groups -OCH3 is 2. The fraction of sp³-hybridized carbons (Fsp3) is 0.500. The Morgan fingerprint density at radius 2 is 1.62 bits per heavy atom. The molecule has 2 aromatic carbocycles. The van der Waals surface area contributed by atoms with Gasteiger partial charge in [0.15, 0.2) is 11.7 Å². The number of benzene rings is 2. The van der Waals surface area contributed by atoms with Crippen molar-refractivity contribution in [3.05, 3.63) is 90.2 Å². The molecule has 260 valence electrons. The largest absolute Gasteiger partial charge is 0.459 e. The number of ether oxygens (including phenoxy) is 4. The van der Waals surface area contributed by atoms with Crippen molar-refractivity contribution in [1.82, 2.24) is 4.98 Å². The summed E-state index contributed by atoms with van der Waals surface area (Å²) in [5.41, 5.74) is 0.393. The molecule has 2 heterocycles. The van der Waals surface area contributed by atoms with Crippen LogP contribution in [0.3, 0.4) is 0 Å². The number of oxazole rings is 1. The van der Waals surface area contributed by atoms with Crippen molar-refractivity contribution in [1.29, 1.82) is 0 Å². The standard InChI is InChI=1S/C38H51NO8Si/c1-27(24-40)20-33(47-48(37(5,6)7,30-16-12-10-13-17-30)31-18-14-11-15-19-31)32-21-29(42-8)22-38(43-9,46-32)23-34-39-28(25-44-34)26-45-35(41)36(2,3)4/h10-20,24-25,29,32-33H,21-23,26H2,1-9H3/b27-20+/t29-,32-,33-,38+/m1/s1. The van der Waals surface area contributed by atoms with Gasteiger partial charge in [-0.05, 0) is 54.8 Å². The Balaban J connectivity index is 1.73. The van der Waals surface area contributed by atoms with E-state index < -0.39 is 31.7 Å². The highest BCUT2D eigenvalue weighted by Gasteiger charge is 2.54. The number of hydrogen-bond donors (Lipinski definition) is 0. The van der Waals surface area contributed by atoms with Gasteiger partial charge in [0.25, 0.3) is 8.32 Å². The molecule has 1 fully saturated rings. The lowest BCUT2D eigenvalue weighted by Gasteiger charge is -2.49. The van der Waals surface area contributed by atoms with Gasteiger partial charge in [0.05, 0.1) is 30.1 Å². The van der Waals surface area contributed by atoms with E-state index in [-0.39, 0.29) is 30.1 Å². The average Bonchev–Trinajstić information content (AvgIpc) is 3.51. The first-order chi connectivity index (χ1) is 22.7. The molecule has 4 rings (SSSR count). The van der Waals surface area contributed by atoms with Crippen LogP contribution in [0.25, 0.3) is 0 Å². The summed E-state index contributed by atoms with van der Waals surface area (Å²) in [6.07, 6.45) is 3.84. The van der Waals surface area contributed by atoms with Crippen LogP contribution in [-0.4, -0.2) is 63.9 Å². The Morgan fingerprint density at radius 3 is 2.12 bits per heavy atom. The second kappa shape index (κ2) is 15.4. The molecule has 0 bridgehead atoms. The Kier molecular flexibility index (Phi) is 12.0. The van der Waals surface area contributed by atoms with E-state index in [1.54, 1.807) is 41.9 Å². The maximum atomic E-state index is 12.3. The molecule has 0 radical (unpaired) electrons. The summed E-state index contributed by atoms with van der Waals surface area (Å²) >= 11 is 0. The topological polar surface area (TPSA) is 106 Å². The van der Waals surface area contributed by atoms with Gasteiger partial charge >= 0.3 is 5.97 Å². The molecule has 4 atom stereocenters. The minimum atomic E-state index is -3.06. The van der Waals surface area contributed by atoms with Crippen LogP contribution in [0.15, 0.2) is 83.0 Å². The molecular weight excluding hydrogens is 627 g/mol. The molecule has 0 unspecified atom stereocenters. The Morgan fingerprint density at radius 1 is 1.02 bits per heavy atom. The second-order valence-corrected chi connectivity index (χ2v) is 18.8. The van der Waals surface area contributed by atoms with Crippen molar-refractivity contribution < 1.29 is 37.4 Å². The lowest BCUT2D eigenvalue weighted by molar-refractivity contribution is -0.297. The van der Waals surface area contributed by atoms with Crippen molar-refractivity contribution in [3.8, 4) is 0 Å². The minimum Gasteiger partial charge on any atom is -0.459 e. The van der Waals surface area contributed by atoms with Gasteiger partial charge in [-0.25, -0.2) is 4.98 Å². The van der Waals surface area contributed by atoms with Crippen LogP contribution < -0.4 is 10.4 Å². The van der Waals surface area contributed by atoms with Gasteiger partial charge in [0.2, 0.25) is 0 Å². The third-order valence-electron chi connectivity index (χ3n) is 8.80. The highest BCUT2D eigenvalue weighted by Crippen LogP contribution is 2.41. The number of rotatable bonds is 13. The predicted octanol–water partition coefficient (Wildman–Crippen LogP) is 5.93. The molecular formula is C38H51NO8Si. The third-order valence-corrected chi connectivity index (χ3v) is 13.8. The highest BCUT2D eigenvalue weighted by molar-refractivity contribution is 6.99. The van der Waals surface area contributed by atoms with Crippen molar-refractivity contribution >= 4 is 30.9 Å². The van der Waals surface area contributed by atoms with Crippen molar-refractivity contribution in [3.63, 3.8) is 0 Å². The molecule has 3 aromatic rings. The number of esters is 1. The van der Waals surface area contributed by atoms with Crippen LogP contribution in [0.5, 0.6) is 0 Å². The molecule has 48 heavy (non-hydrogen) atoms. The van der Waals surface area contributed by atoms with E-state index in [1.165, 1.54) is 6.26 Å². The summed E-state index contributed by atoms with van der Waals surface area (Å²) in [4.78, 5) is 28.9. The smallest absolute Gasteiger partial charge is 0.311 e. The van der Waals surface area contributed by atoms with Crippen LogP contribution in [0.4, 0.5) is 0 Å². The van der Waals surface area contributed by atoms with Gasteiger partial charge in [-0.3, -0.25) is 9.59 Å². The zero-order valence-electron chi connectivity index (χ0n) is 29.8. The van der Waals surface area contributed by atoms with Gasteiger partial charge in [-0.15, -0.1) is 0 Å². The Hall–Kier alpha value is -3.41. The maximum Gasteiger partial charge on any atom is 0.311 e. The van der Waals surface area contributed by atoms with E-state index in [9.17, 15) is 9.59 Å². The van der Waals surface area contributed by atoms with E-state index in [0.717, 1.165) is 16.7 Å². The summed E-state index contributed by atoms with van der Waals surface area (Å²) in [7, 11) is 0.201. The summed E-state index contributed by atoms with van der Waals surface area (Å²) < 4.78 is 37.8. The molecule has 1 aliphatic heterocycles. The first kappa shape index (κ1) is 37.4.